The highest BCUT2D eigenvalue weighted by atomic mass is 16.7. The van der Waals surface area contributed by atoms with Gasteiger partial charge in [0.05, 0.1) is 52.9 Å². The minimum atomic E-state index is -2.05. The van der Waals surface area contributed by atoms with Gasteiger partial charge in [0.1, 0.15) is 17.2 Å². The Labute approximate surface area is 284 Å². The molecule has 13 nitrogen and oxygen atoms in total. The second-order valence-corrected chi connectivity index (χ2v) is 13.2. The first-order valence-electron chi connectivity index (χ1n) is 16.0. The Bertz CT molecular complexity index is 1750. The van der Waals surface area contributed by atoms with Gasteiger partial charge in [-0.1, -0.05) is 45.9 Å². The minimum absolute atomic E-state index is 0.00862. The smallest absolute Gasteiger partial charge is 0.312 e. The van der Waals surface area contributed by atoms with Crippen molar-refractivity contribution in [2.24, 2.45) is 23.7 Å². The van der Waals surface area contributed by atoms with Crippen LogP contribution >= 0.6 is 0 Å². The molecule has 0 unspecified atom stereocenters. The summed E-state index contributed by atoms with van der Waals surface area (Å²) in [5.41, 5.74) is -1.21. The number of amides is 1. The van der Waals surface area contributed by atoms with E-state index in [0.29, 0.717) is 0 Å². The van der Waals surface area contributed by atoms with Gasteiger partial charge in [-0.05, 0) is 19.9 Å². The summed E-state index contributed by atoms with van der Waals surface area (Å²) in [5.74, 6) is -8.42. The molecule has 0 saturated heterocycles. The van der Waals surface area contributed by atoms with Gasteiger partial charge >= 0.3 is 5.79 Å². The number of anilines is 1. The number of benzene rings is 2. The van der Waals surface area contributed by atoms with Crippen molar-refractivity contribution in [3.63, 3.8) is 0 Å². The summed E-state index contributed by atoms with van der Waals surface area (Å²) in [5, 5.41) is 68.9. The lowest BCUT2D eigenvalue weighted by Crippen LogP contribution is -2.44. The lowest BCUT2D eigenvalue weighted by atomic mass is 9.78. The van der Waals surface area contributed by atoms with Gasteiger partial charge in [-0.3, -0.25) is 14.4 Å². The number of carbonyl (C=O) groups is 3. The number of aliphatic hydroxyl groups excluding tert-OH is 3. The molecule has 0 fully saturated rings. The number of hydrogen-bond donors (Lipinski definition) is 7. The van der Waals surface area contributed by atoms with E-state index >= 15 is 0 Å². The van der Waals surface area contributed by atoms with Gasteiger partial charge in [-0.2, -0.15) is 0 Å². The summed E-state index contributed by atoms with van der Waals surface area (Å²) in [6.07, 6.45) is 3.34. The molecule has 2 aromatic carbocycles. The topological polar surface area (TPSA) is 212 Å². The average Bonchev–Trinajstić information content (AvgIpc) is 3.34. The first-order chi connectivity index (χ1) is 22.9. The van der Waals surface area contributed by atoms with Crippen LogP contribution in [0.1, 0.15) is 67.8 Å². The van der Waals surface area contributed by atoms with E-state index in [0.717, 1.165) is 6.26 Å². The van der Waals surface area contributed by atoms with Gasteiger partial charge in [0.15, 0.2) is 12.0 Å². The molecule has 3 heterocycles. The number of rotatable bonds is 2. The highest BCUT2D eigenvalue weighted by molar-refractivity contribution is 6.23. The van der Waals surface area contributed by atoms with Gasteiger partial charge in [-0.15, -0.1) is 0 Å². The summed E-state index contributed by atoms with van der Waals surface area (Å²) >= 11 is 0. The molecule has 266 valence electrons. The zero-order chi connectivity index (χ0) is 36.7. The molecule has 0 saturated carbocycles. The normalized spacial score (nSPS) is 33.1. The number of carbonyl (C=O) groups excluding carboxylic acids is 3. The highest BCUT2D eigenvalue weighted by Crippen LogP contribution is 2.55. The van der Waals surface area contributed by atoms with Crippen LogP contribution in [0, 0.1) is 30.6 Å². The number of phenols is 3. The van der Waals surface area contributed by atoms with E-state index in [1.165, 1.54) is 46.1 Å². The lowest BCUT2D eigenvalue weighted by molar-refractivity contribution is -0.112. The number of phenolic OH excluding ortho intramolecular Hbond substituents is 3. The summed E-state index contributed by atoms with van der Waals surface area (Å²) in [4.78, 5) is 39.4. The van der Waals surface area contributed by atoms with Crippen LogP contribution in [0.25, 0.3) is 10.8 Å². The zero-order valence-electron chi connectivity index (χ0n) is 28.7. The summed E-state index contributed by atoms with van der Waals surface area (Å²) in [6.45, 7) is 10.9. The molecule has 7 N–H and O–H groups in total. The number of allylic oxidation sites excluding steroid dienone is 2. The van der Waals surface area contributed by atoms with Crippen molar-refractivity contribution in [2.45, 2.75) is 78.7 Å². The molecule has 5 bridgehead atoms. The first-order valence-corrected chi connectivity index (χ1v) is 16.0. The van der Waals surface area contributed by atoms with Crippen LogP contribution in [-0.4, -0.2) is 85.9 Å². The molecule has 49 heavy (non-hydrogen) atoms. The van der Waals surface area contributed by atoms with E-state index in [1.807, 2.05) is 0 Å². The molecule has 3 aliphatic heterocycles. The molecule has 0 spiro atoms. The van der Waals surface area contributed by atoms with Crippen LogP contribution in [0.3, 0.4) is 0 Å². The Kier molecular flexibility index (Phi) is 10.8. The quantitative estimate of drug-likeness (QED) is 0.136. The monoisotopic (exact) mass is 683 g/mol. The van der Waals surface area contributed by atoms with Crippen molar-refractivity contribution in [1.82, 2.24) is 0 Å². The molecular weight excluding hydrogens is 638 g/mol. The molecule has 5 rings (SSSR count). The van der Waals surface area contributed by atoms with E-state index in [2.05, 4.69) is 5.32 Å². The van der Waals surface area contributed by atoms with E-state index in [-0.39, 0.29) is 34.1 Å². The minimum Gasteiger partial charge on any atom is -0.507 e. The average molecular weight is 684 g/mol. The Morgan fingerprint density at radius 1 is 0.878 bits per heavy atom. The fourth-order valence-electron chi connectivity index (χ4n) is 6.47. The van der Waals surface area contributed by atoms with Gasteiger partial charge in [0, 0.05) is 54.2 Å². The largest absolute Gasteiger partial charge is 0.507 e. The van der Waals surface area contributed by atoms with Crippen molar-refractivity contribution < 1.29 is 59.2 Å². The lowest BCUT2D eigenvalue weighted by Gasteiger charge is -2.36. The van der Waals surface area contributed by atoms with Crippen LogP contribution in [0.2, 0.25) is 0 Å². The standard InChI is InChI=1S/C36H45NO12/c1-15-10-9-11-16(2)35(46)37-26-21(14-38)31(43)23-24(32(26)44)30(42)20(6)33-25(23)34(45)36(7,49-33)48-13-12-22(47-8)17(3)28(40)19(5)29(41)18(4)27(15)39/h9-15,17-19,22,27-29,39-44H,1-8H3,(H,37,46)/b10-9-,13-12?,16-11-/t15-,17+,18+,19-,22-,27-,28+,29+,36-/m0/s1. The number of aliphatic hydroxyl groups is 3. The molecule has 9 atom stereocenters. The van der Waals surface area contributed by atoms with Crippen LogP contribution in [0.4, 0.5) is 5.69 Å². The second kappa shape index (κ2) is 14.2. The van der Waals surface area contributed by atoms with E-state index in [4.69, 9.17) is 14.2 Å². The number of aromatic hydroxyl groups is 3. The number of Topliss-reactive ketones (excluding diaryl/α,β-unsaturated/α-hetero) is 1. The van der Waals surface area contributed by atoms with Gasteiger partial charge in [-0.25, -0.2) is 0 Å². The molecule has 2 aromatic rings. The van der Waals surface area contributed by atoms with Crippen LogP contribution in [-0.2, 0) is 14.3 Å². The van der Waals surface area contributed by atoms with Crippen LogP contribution < -0.4 is 10.1 Å². The maximum absolute atomic E-state index is 13.9. The van der Waals surface area contributed by atoms with Crippen LogP contribution in [0.15, 0.2) is 36.1 Å². The van der Waals surface area contributed by atoms with Gasteiger partial charge < -0.3 is 50.2 Å². The zero-order valence-corrected chi connectivity index (χ0v) is 28.7. The van der Waals surface area contributed by atoms with E-state index < -0.39 is 99.5 Å². The van der Waals surface area contributed by atoms with Crippen LogP contribution in [0.5, 0.6) is 23.0 Å². The summed E-state index contributed by atoms with van der Waals surface area (Å²) in [6, 6.07) is 0. The highest BCUT2D eigenvalue weighted by Gasteiger charge is 2.49. The fraction of sp³-hybridized carbons (Fsp3) is 0.472. The maximum Gasteiger partial charge on any atom is 0.312 e. The Hall–Kier alpha value is -4.43. The number of fused-ring (bicyclic) bond motifs is 14. The molecule has 3 aliphatic rings. The third-order valence-corrected chi connectivity index (χ3v) is 9.89. The van der Waals surface area contributed by atoms with E-state index in [9.17, 15) is 45.0 Å². The molecular formula is C36H45NO12. The van der Waals surface area contributed by atoms with Crippen molar-refractivity contribution in [2.75, 3.05) is 12.4 Å². The Morgan fingerprint density at radius 2 is 1.49 bits per heavy atom. The third-order valence-electron chi connectivity index (χ3n) is 9.89. The van der Waals surface area contributed by atoms with Crippen molar-refractivity contribution in [1.29, 1.82) is 0 Å². The van der Waals surface area contributed by atoms with E-state index in [1.54, 1.807) is 33.8 Å². The SMILES string of the molecule is CO[C@H]1C=CO[C@@]2(C)Oc3c(C)c(O)c4c(O)c(c(C=O)c(O)c4c3C2=O)NC(=O)/C(C)=C\C=C/[C@H](C)[C@H](O)[C@@H](C)[C@@H](O)[C@@H](C)[C@H](O)[C@@H]1C. The predicted molar refractivity (Wildman–Crippen MR) is 180 cm³/mol. The number of ether oxygens (including phenoxy) is 3. The Balaban J connectivity index is 1.91. The molecule has 0 aliphatic carbocycles. The van der Waals surface area contributed by atoms with Crippen molar-refractivity contribution in [3.05, 3.63) is 52.8 Å². The van der Waals surface area contributed by atoms with Gasteiger partial charge in [0.2, 0.25) is 0 Å². The van der Waals surface area contributed by atoms with Crippen molar-refractivity contribution >= 4 is 34.4 Å². The fourth-order valence-corrected chi connectivity index (χ4v) is 6.47. The third kappa shape index (κ3) is 6.51. The second-order valence-electron chi connectivity index (χ2n) is 13.2. The van der Waals surface area contributed by atoms with Crippen molar-refractivity contribution in [3.8, 4) is 23.0 Å². The number of ketones is 1. The Morgan fingerprint density at radius 3 is 2.10 bits per heavy atom. The molecule has 13 heteroatoms. The molecule has 1 amide bonds. The maximum atomic E-state index is 13.9. The predicted octanol–water partition coefficient (Wildman–Crippen LogP) is 4.00. The number of methoxy groups -OCH3 is 1. The number of aldehydes is 1. The summed E-state index contributed by atoms with van der Waals surface area (Å²) in [7, 11) is 1.41. The van der Waals surface area contributed by atoms with Gasteiger partial charge in [0.25, 0.3) is 11.7 Å². The first kappa shape index (κ1) is 37.4. The number of hydrogen-bond acceptors (Lipinski definition) is 12. The molecule has 0 radical (unpaired) electrons. The summed E-state index contributed by atoms with van der Waals surface area (Å²) < 4.78 is 17.3. The number of nitrogens with one attached hydrogen (secondary N) is 1. The molecule has 0 aromatic heterocycles.